The number of hydrogen-bond acceptors (Lipinski definition) is 5. The van der Waals surface area contributed by atoms with E-state index >= 15 is 0 Å². The Morgan fingerprint density at radius 1 is 1.29 bits per heavy atom. The Bertz CT molecular complexity index is 708. The average Bonchev–Trinajstić information content (AvgIpc) is 2.92. The van der Waals surface area contributed by atoms with E-state index in [0.717, 1.165) is 54.8 Å². The molecule has 24 heavy (non-hydrogen) atoms. The zero-order chi connectivity index (χ0) is 16.9. The molecular weight excluding hydrogens is 322 g/mol. The van der Waals surface area contributed by atoms with Crippen molar-refractivity contribution in [2.24, 2.45) is 0 Å². The lowest BCUT2D eigenvalue weighted by Gasteiger charge is -2.30. The molecule has 1 saturated heterocycles. The molecule has 1 aromatic heterocycles. The van der Waals surface area contributed by atoms with Crippen molar-refractivity contribution in [1.82, 2.24) is 4.98 Å². The first-order chi connectivity index (χ1) is 11.6. The molecule has 0 atom stereocenters. The van der Waals surface area contributed by atoms with E-state index in [1.165, 1.54) is 4.88 Å². The number of ether oxygens (including phenoxy) is 1. The molecule has 128 valence electrons. The quantitative estimate of drug-likeness (QED) is 0.904. The number of amides is 1. The van der Waals surface area contributed by atoms with E-state index in [4.69, 9.17) is 4.74 Å². The number of aryl methyl sites for hydroxylation is 3. The third-order valence-corrected chi connectivity index (χ3v) is 5.24. The van der Waals surface area contributed by atoms with Gasteiger partial charge >= 0.3 is 0 Å². The van der Waals surface area contributed by atoms with Crippen LogP contribution in [0.15, 0.2) is 24.3 Å². The molecule has 5 nitrogen and oxygen atoms in total. The number of thiazole rings is 1. The fourth-order valence-electron chi connectivity index (χ4n) is 2.90. The molecule has 0 spiro atoms. The maximum atomic E-state index is 12.4. The molecule has 2 heterocycles. The highest BCUT2D eigenvalue weighted by Gasteiger charge is 2.16. The lowest BCUT2D eigenvalue weighted by Crippen LogP contribution is -2.36. The summed E-state index contributed by atoms with van der Waals surface area (Å²) in [5.74, 6) is 0.0427. The molecule has 0 saturated carbocycles. The molecule has 0 unspecified atom stereocenters. The Balaban J connectivity index is 1.63. The molecule has 6 heteroatoms. The third-order valence-electron chi connectivity index (χ3n) is 4.11. The van der Waals surface area contributed by atoms with Gasteiger partial charge in [0.15, 0.2) is 0 Å². The van der Waals surface area contributed by atoms with E-state index in [0.29, 0.717) is 6.42 Å². The van der Waals surface area contributed by atoms with Crippen molar-refractivity contribution >= 4 is 28.6 Å². The minimum Gasteiger partial charge on any atom is -0.378 e. The zero-order valence-electron chi connectivity index (χ0n) is 14.2. The van der Waals surface area contributed by atoms with Crippen LogP contribution in [0.2, 0.25) is 0 Å². The van der Waals surface area contributed by atoms with Gasteiger partial charge < -0.3 is 15.0 Å². The third kappa shape index (κ3) is 4.13. The van der Waals surface area contributed by atoms with E-state index in [2.05, 4.69) is 21.3 Å². The molecule has 0 radical (unpaired) electrons. The molecular formula is C18H23N3O2S. The lowest BCUT2D eigenvalue weighted by molar-refractivity contribution is -0.116. The lowest BCUT2D eigenvalue weighted by atomic mass is 10.2. The van der Waals surface area contributed by atoms with Crippen molar-refractivity contribution in [2.45, 2.75) is 26.7 Å². The van der Waals surface area contributed by atoms with Crippen LogP contribution in [0.4, 0.5) is 11.4 Å². The van der Waals surface area contributed by atoms with Gasteiger partial charge in [-0.25, -0.2) is 4.98 Å². The number of nitrogens with zero attached hydrogens (tertiary/aromatic N) is 2. The smallest absolute Gasteiger partial charge is 0.224 e. The number of morpholine rings is 1. The first-order valence-electron chi connectivity index (χ1n) is 8.28. The molecule has 1 aliphatic rings. The van der Waals surface area contributed by atoms with Gasteiger partial charge in [0.2, 0.25) is 5.91 Å². The number of benzene rings is 1. The molecule has 1 N–H and O–H groups in total. The van der Waals surface area contributed by atoms with Gasteiger partial charge in [0.25, 0.3) is 0 Å². The van der Waals surface area contributed by atoms with Crippen LogP contribution in [0.3, 0.4) is 0 Å². The van der Waals surface area contributed by atoms with Crippen molar-refractivity contribution < 1.29 is 9.53 Å². The number of hydrogen-bond donors (Lipinski definition) is 1. The van der Waals surface area contributed by atoms with Gasteiger partial charge in [-0.05, 0) is 32.4 Å². The SMILES string of the molecule is Cc1nc(C)c(CCC(=O)Nc2ccccc2N2CCOCC2)s1. The molecule has 0 aliphatic carbocycles. The van der Waals surface area contributed by atoms with Crippen LogP contribution in [-0.4, -0.2) is 37.2 Å². The second kappa shape index (κ2) is 7.77. The minimum absolute atomic E-state index is 0.0427. The second-order valence-electron chi connectivity index (χ2n) is 5.91. The summed E-state index contributed by atoms with van der Waals surface area (Å²) in [5, 5.41) is 4.12. The first-order valence-corrected chi connectivity index (χ1v) is 9.09. The monoisotopic (exact) mass is 345 g/mol. The highest BCUT2D eigenvalue weighted by atomic mass is 32.1. The topological polar surface area (TPSA) is 54.5 Å². The summed E-state index contributed by atoms with van der Waals surface area (Å²) < 4.78 is 5.41. The van der Waals surface area contributed by atoms with Crippen molar-refractivity contribution in [3.05, 3.63) is 39.8 Å². The summed E-state index contributed by atoms with van der Waals surface area (Å²) in [6.07, 6.45) is 1.21. The molecule has 1 aliphatic heterocycles. The largest absolute Gasteiger partial charge is 0.378 e. The number of para-hydroxylation sites is 2. The molecule has 1 amide bonds. The first kappa shape index (κ1) is 16.9. The number of carbonyl (C=O) groups is 1. The Morgan fingerprint density at radius 2 is 2.04 bits per heavy atom. The van der Waals surface area contributed by atoms with Crippen molar-refractivity contribution in [2.75, 3.05) is 36.5 Å². The summed E-state index contributed by atoms with van der Waals surface area (Å²) in [4.78, 5) is 20.2. The Labute approximate surface area is 146 Å². The van der Waals surface area contributed by atoms with E-state index in [9.17, 15) is 4.79 Å². The van der Waals surface area contributed by atoms with E-state index in [1.54, 1.807) is 11.3 Å². The summed E-state index contributed by atoms with van der Waals surface area (Å²) in [5.41, 5.74) is 2.99. The van der Waals surface area contributed by atoms with Gasteiger partial charge in [0, 0.05) is 24.4 Å². The summed E-state index contributed by atoms with van der Waals surface area (Å²) in [6, 6.07) is 7.97. The molecule has 1 fully saturated rings. The Hall–Kier alpha value is -1.92. The van der Waals surface area contributed by atoms with Crippen LogP contribution < -0.4 is 10.2 Å². The van der Waals surface area contributed by atoms with Crippen molar-refractivity contribution in [1.29, 1.82) is 0 Å². The number of anilines is 2. The average molecular weight is 345 g/mol. The minimum atomic E-state index is 0.0427. The standard InChI is InChI=1S/C18H23N3O2S/c1-13-17(24-14(2)19-13)7-8-18(22)20-15-5-3-4-6-16(15)21-9-11-23-12-10-21/h3-6H,7-12H2,1-2H3,(H,20,22). The van der Waals surface area contributed by atoms with Gasteiger partial charge in [0.1, 0.15) is 0 Å². The summed E-state index contributed by atoms with van der Waals surface area (Å²) >= 11 is 1.68. The highest BCUT2D eigenvalue weighted by Crippen LogP contribution is 2.27. The Morgan fingerprint density at radius 3 is 2.75 bits per heavy atom. The van der Waals surface area contributed by atoms with Crippen LogP contribution in [0.5, 0.6) is 0 Å². The van der Waals surface area contributed by atoms with Gasteiger partial charge in [-0.2, -0.15) is 0 Å². The fraction of sp³-hybridized carbons (Fsp3) is 0.444. The van der Waals surface area contributed by atoms with Crippen LogP contribution >= 0.6 is 11.3 Å². The summed E-state index contributed by atoms with van der Waals surface area (Å²) in [7, 11) is 0. The number of nitrogens with one attached hydrogen (secondary N) is 1. The predicted octanol–water partition coefficient (Wildman–Crippen LogP) is 3.17. The van der Waals surface area contributed by atoms with Crippen LogP contribution in [-0.2, 0) is 16.0 Å². The summed E-state index contributed by atoms with van der Waals surface area (Å²) in [6.45, 7) is 7.17. The van der Waals surface area contributed by atoms with E-state index < -0.39 is 0 Å². The van der Waals surface area contributed by atoms with E-state index in [-0.39, 0.29) is 5.91 Å². The molecule has 3 rings (SSSR count). The molecule has 0 bridgehead atoms. The van der Waals surface area contributed by atoms with Gasteiger partial charge in [-0.1, -0.05) is 12.1 Å². The molecule has 2 aromatic rings. The second-order valence-corrected chi connectivity index (χ2v) is 7.19. The Kier molecular flexibility index (Phi) is 5.48. The van der Waals surface area contributed by atoms with Crippen LogP contribution in [0.25, 0.3) is 0 Å². The van der Waals surface area contributed by atoms with Crippen LogP contribution in [0.1, 0.15) is 22.0 Å². The highest BCUT2D eigenvalue weighted by molar-refractivity contribution is 7.11. The predicted molar refractivity (Wildman–Crippen MR) is 98.0 cm³/mol. The maximum absolute atomic E-state index is 12.4. The van der Waals surface area contributed by atoms with Crippen molar-refractivity contribution in [3.8, 4) is 0 Å². The van der Waals surface area contributed by atoms with Crippen LogP contribution in [0, 0.1) is 13.8 Å². The zero-order valence-corrected chi connectivity index (χ0v) is 15.0. The molecule has 1 aromatic carbocycles. The van der Waals surface area contributed by atoms with Gasteiger partial charge in [0.05, 0.1) is 35.3 Å². The number of carbonyl (C=O) groups excluding carboxylic acids is 1. The van der Waals surface area contributed by atoms with E-state index in [1.807, 2.05) is 32.0 Å². The normalized spacial score (nSPS) is 14.7. The number of aromatic nitrogens is 1. The van der Waals surface area contributed by atoms with Gasteiger partial charge in [-0.3, -0.25) is 4.79 Å². The fourth-order valence-corrected chi connectivity index (χ4v) is 3.84. The van der Waals surface area contributed by atoms with Crippen molar-refractivity contribution in [3.63, 3.8) is 0 Å². The maximum Gasteiger partial charge on any atom is 0.224 e. The number of rotatable bonds is 5. The van der Waals surface area contributed by atoms with Gasteiger partial charge in [-0.15, -0.1) is 11.3 Å².